The molecule has 3 heteroatoms. The van der Waals surface area contributed by atoms with Gasteiger partial charge >= 0.3 is 0 Å². The molecule has 0 bridgehead atoms. The van der Waals surface area contributed by atoms with Crippen LogP contribution in [0.5, 0.6) is 0 Å². The van der Waals surface area contributed by atoms with E-state index in [2.05, 4.69) is 43.3 Å². The summed E-state index contributed by atoms with van der Waals surface area (Å²) in [5.41, 5.74) is 4.84. The highest BCUT2D eigenvalue weighted by atomic mass is 32.1. The van der Waals surface area contributed by atoms with Crippen molar-refractivity contribution in [2.45, 2.75) is 27.7 Å². The Morgan fingerprint density at radius 3 is 2.32 bits per heavy atom. The second kappa shape index (κ2) is 7.25. The van der Waals surface area contributed by atoms with E-state index in [0.29, 0.717) is 0 Å². The highest BCUT2D eigenvalue weighted by Gasteiger charge is 2.18. The van der Waals surface area contributed by atoms with E-state index in [4.69, 9.17) is 0 Å². The number of thiophene rings is 1. The van der Waals surface area contributed by atoms with Crippen LogP contribution in [0, 0.1) is 13.8 Å². The third-order valence-electron chi connectivity index (χ3n) is 5.30. The Bertz CT molecular complexity index is 1320. The van der Waals surface area contributed by atoms with E-state index in [1.54, 1.807) is 11.3 Å². The number of fused-ring (bicyclic) bond motifs is 3. The number of rotatable bonds is 3. The van der Waals surface area contributed by atoms with Crippen molar-refractivity contribution in [2.24, 2.45) is 0 Å². The van der Waals surface area contributed by atoms with Crippen LogP contribution in [0.1, 0.15) is 36.2 Å². The van der Waals surface area contributed by atoms with Crippen LogP contribution in [-0.2, 0) is 0 Å². The SMILES string of the molecule is C/C=C\c1c(C)c(C)c(/C=C\C)n(-c2cccc3sc4ccccc4c23)c1=O. The number of hydrogen-bond acceptors (Lipinski definition) is 2. The van der Waals surface area contributed by atoms with Crippen molar-refractivity contribution in [1.29, 1.82) is 0 Å². The highest BCUT2D eigenvalue weighted by Crippen LogP contribution is 2.37. The van der Waals surface area contributed by atoms with Crippen LogP contribution < -0.4 is 5.56 Å². The van der Waals surface area contributed by atoms with E-state index in [1.807, 2.05) is 55.7 Å². The largest absolute Gasteiger partial charge is 0.276 e. The van der Waals surface area contributed by atoms with Gasteiger partial charge in [0.2, 0.25) is 0 Å². The maximum absolute atomic E-state index is 13.6. The summed E-state index contributed by atoms with van der Waals surface area (Å²) in [4.78, 5) is 13.6. The molecule has 0 amide bonds. The second-order valence-electron chi connectivity index (χ2n) is 6.94. The molecule has 2 nitrogen and oxygen atoms in total. The van der Waals surface area contributed by atoms with Crippen molar-refractivity contribution < 1.29 is 0 Å². The topological polar surface area (TPSA) is 22.0 Å². The maximum atomic E-state index is 13.6. The summed E-state index contributed by atoms with van der Waals surface area (Å²) in [6.45, 7) is 8.07. The Labute approximate surface area is 169 Å². The van der Waals surface area contributed by atoms with Crippen molar-refractivity contribution >= 4 is 43.7 Å². The van der Waals surface area contributed by atoms with Crippen molar-refractivity contribution in [3.05, 3.63) is 87.4 Å². The Hall–Kier alpha value is -2.91. The molecule has 2 aromatic heterocycles. The molecule has 28 heavy (non-hydrogen) atoms. The summed E-state index contributed by atoms with van der Waals surface area (Å²) in [5, 5.41) is 2.34. The molecule has 0 unspecified atom stereocenters. The van der Waals surface area contributed by atoms with E-state index in [0.717, 1.165) is 33.5 Å². The zero-order chi connectivity index (χ0) is 19.8. The Kier molecular flexibility index (Phi) is 4.78. The lowest BCUT2D eigenvalue weighted by atomic mass is 10.0. The van der Waals surface area contributed by atoms with Gasteiger partial charge < -0.3 is 0 Å². The summed E-state index contributed by atoms with van der Waals surface area (Å²) in [6, 6.07) is 14.7. The number of aromatic nitrogens is 1. The fourth-order valence-electron chi connectivity index (χ4n) is 3.85. The van der Waals surface area contributed by atoms with Crippen LogP contribution in [0.3, 0.4) is 0 Å². The molecule has 0 aliphatic heterocycles. The summed E-state index contributed by atoms with van der Waals surface area (Å²) >= 11 is 1.77. The molecule has 4 rings (SSSR count). The van der Waals surface area contributed by atoms with Crippen LogP contribution in [0.2, 0.25) is 0 Å². The minimum atomic E-state index is 0.0251. The molecule has 140 valence electrons. The fourth-order valence-corrected chi connectivity index (χ4v) is 4.98. The molecule has 0 fully saturated rings. The van der Waals surface area contributed by atoms with E-state index >= 15 is 0 Å². The van der Waals surface area contributed by atoms with Gasteiger partial charge in [-0.25, -0.2) is 0 Å². The third kappa shape index (κ3) is 2.74. The van der Waals surface area contributed by atoms with Gasteiger partial charge in [-0.1, -0.05) is 42.5 Å². The van der Waals surface area contributed by atoms with E-state index in [9.17, 15) is 4.79 Å². The number of benzene rings is 2. The Balaban J connectivity index is 2.23. The lowest BCUT2D eigenvalue weighted by Crippen LogP contribution is -2.25. The molecular weight excluding hydrogens is 362 g/mol. The minimum Gasteiger partial charge on any atom is -0.276 e. The lowest BCUT2D eigenvalue weighted by molar-refractivity contribution is 0.952. The smallest absolute Gasteiger partial charge is 0.263 e. The zero-order valence-corrected chi connectivity index (χ0v) is 17.4. The Morgan fingerprint density at radius 2 is 1.57 bits per heavy atom. The number of pyridine rings is 1. The molecule has 0 N–H and O–H groups in total. The normalized spacial score (nSPS) is 12.1. The van der Waals surface area contributed by atoms with Crippen LogP contribution in [0.15, 0.2) is 59.4 Å². The molecule has 0 saturated heterocycles. The fraction of sp³-hybridized carbons (Fsp3) is 0.160. The molecule has 0 atom stereocenters. The predicted octanol–water partition coefficient (Wildman–Crippen LogP) is 6.89. The first-order valence-electron chi connectivity index (χ1n) is 9.50. The second-order valence-corrected chi connectivity index (χ2v) is 8.02. The van der Waals surface area contributed by atoms with Gasteiger partial charge in [-0.3, -0.25) is 9.36 Å². The average Bonchev–Trinajstić information content (AvgIpc) is 3.09. The van der Waals surface area contributed by atoms with Gasteiger partial charge in [0.05, 0.1) is 11.4 Å². The van der Waals surface area contributed by atoms with Gasteiger partial charge in [0.1, 0.15) is 0 Å². The minimum absolute atomic E-state index is 0.0251. The van der Waals surface area contributed by atoms with Crippen LogP contribution in [0.25, 0.3) is 38.0 Å². The van der Waals surface area contributed by atoms with Gasteiger partial charge in [-0.15, -0.1) is 11.3 Å². The van der Waals surface area contributed by atoms with Crippen LogP contribution in [0.4, 0.5) is 0 Å². The standard InChI is InChI=1S/C25H23NOS/c1-5-10-18-16(3)17(4)20(11-6-2)26(25(18)27)21-13-9-15-23-24(21)19-12-7-8-14-22(19)28-23/h5-15H,1-4H3/b10-5-,11-6-. The van der Waals surface area contributed by atoms with Gasteiger partial charge in [0.25, 0.3) is 5.56 Å². The van der Waals surface area contributed by atoms with Gasteiger partial charge in [-0.05, 0) is 63.1 Å². The summed E-state index contributed by atoms with van der Waals surface area (Å²) in [7, 11) is 0. The van der Waals surface area contributed by atoms with Gasteiger partial charge in [0.15, 0.2) is 0 Å². The van der Waals surface area contributed by atoms with Gasteiger partial charge in [0, 0.05) is 25.7 Å². The monoisotopic (exact) mass is 385 g/mol. The molecular formula is C25H23NOS. The molecule has 0 saturated carbocycles. The first kappa shape index (κ1) is 18.5. The van der Waals surface area contributed by atoms with Crippen molar-refractivity contribution in [1.82, 2.24) is 4.57 Å². The number of nitrogens with zero attached hydrogens (tertiary/aromatic N) is 1. The van der Waals surface area contributed by atoms with Crippen LogP contribution >= 0.6 is 11.3 Å². The van der Waals surface area contributed by atoms with E-state index < -0.39 is 0 Å². The molecule has 0 aliphatic rings. The highest BCUT2D eigenvalue weighted by molar-refractivity contribution is 7.25. The first-order chi connectivity index (χ1) is 13.6. The molecule has 4 aromatic rings. The van der Waals surface area contributed by atoms with Crippen molar-refractivity contribution in [2.75, 3.05) is 0 Å². The predicted molar refractivity (Wildman–Crippen MR) is 124 cm³/mol. The molecule has 2 aromatic carbocycles. The maximum Gasteiger partial charge on any atom is 0.263 e. The average molecular weight is 386 g/mol. The molecule has 0 aliphatic carbocycles. The summed E-state index contributed by atoms with van der Waals surface area (Å²) in [6.07, 6.45) is 7.89. The van der Waals surface area contributed by atoms with E-state index in [-0.39, 0.29) is 5.56 Å². The lowest BCUT2D eigenvalue weighted by Gasteiger charge is -2.18. The molecule has 0 radical (unpaired) electrons. The van der Waals surface area contributed by atoms with Gasteiger partial charge in [-0.2, -0.15) is 0 Å². The molecule has 0 spiro atoms. The van der Waals surface area contributed by atoms with Crippen molar-refractivity contribution in [3.63, 3.8) is 0 Å². The number of hydrogen-bond donors (Lipinski definition) is 0. The Morgan fingerprint density at radius 1 is 0.857 bits per heavy atom. The van der Waals surface area contributed by atoms with Crippen molar-refractivity contribution in [3.8, 4) is 5.69 Å². The number of allylic oxidation sites excluding steroid dienone is 2. The van der Waals surface area contributed by atoms with E-state index in [1.165, 1.54) is 14.8 Å². The summed E-state index contributed by atoms with van der Waals surface area (Å²) in [5.74, 6) is 0. The zero-order valence-electron chi connectivity index (χ0n) is 16.6. The first-order valence-corrected chi connectivity index (χ1v) is 10.3. The quantitative estimate of drug-likeness (QED) is 0.376. The van der Waals surface area contributed by atoms with Crippen LogP contribution in [-0.4, -0.2) is 4.57 Å². The summed E-state index contributed by atoms with van der Waals surface area (Å²) < 4.78 is 4.32. The molecule has 2 heterocycles. The third-order valence-corrected chi connectivity index (χ3v) is 6.44.